The number of unbranched alkanes of at least 4 members (excludes halogenated alkanes) is 1. The molecule has 0 N–H and O–H groups in total. The maximum absolute atomic E-state index is 10.1. The third kappa shape index (κ3) is 5.95. The summed E-state index contributed by atoms with van der Waals surface area (Å²) in [5, 5.41) is 0. The van der Waals surface area contributed by atoms with Crippen LogP contribution in [0, 0.1) is 5.41 Å². The Morgan fingerprint density at radius 3 is 2.40 bits per heavy atom. The van der Waals surface area contributed by atoms with E-state index in [4.69, 9.17) is 0 Å². The summed E-state index contributed by atoms with van der Waals surface area (Å²) in [6, 6.07) is -0.0235. The van der Waals surface area contributed by atoms with Gasteiger partial charge in [0.1, 0.15) is 0 Å². The van der Waals surface area contributed by atoms with E-state index in [0.717, 1.165) is 19.3 Å². The lowest BCUT2D eigenvalue weighted by molar-refractivity contribution is 0.269. The number of nitrogens with zero attached hydrogens (tertiary/aromatic N) is 2. The Balaban J connectivity index is 3.92. The van der Waals surface area contributed by atoms with Crippen LogP contribution in [0.1, 0.15) is 40.0 Å². The molecule has 0 heterocycles. The van der Waals surface area contributed by atoms with E-state index in [1.54, 1.807) is 6.08 Å². The summed E-state index contributed by atoms with van der Waals surface area (Å²) in [7, 11) is 0. The van der Waals surface area contributed by atoms with Gasteiger partial charge in [0.2, 0.25) is 12.2 Å². The molecule has 0 radical (unpaired) electrons. The Labute approximate surface area is 90.5 Å². The van der Waals surface area contributed by atoms with Crippen molar-refractivity contribution in [1.82, 2.24) is 0 Å². The second-order valence-corrected chi connectivity index (χ2v) is 4.32. The highest BCUT2D eigenvalue weighted by atomic mass is 16.1. The first-order chi connectivity index (χ1) is 7.04. The smallest absolute Gasteiger partial charge is 0.211 e. The van der Waals surface area contributed by atoms with Gasteiger partial charge in [0.25, 0.3) is 0 Å². The van der Waals surface area contributed by atoms with E-state index < -0.39 is 0 Å². The highest BCUT2D eigenvalue weighted by Crippen LogP contribution is 2.29. The summed E-state index contributed by atoms with van der Waals surface area (Å²) in [5.74, 6) is 0. The summed E-state index contributed by atoms with van der Waals surface area (Å²) in [5.41, 5.74) is -0.0116. The first-order valence-corrected chi connectivity index (χ1v) is 5.15. The van der Waals surface area contributed by atoms with Gasteiger partial charge < -0.3 is 0 Å². The zero-order valence-corrected chi connectivity index (χ0v) is 9.62. The molecule has 0 rings (SSSR count). The fourth-order valence-electron chi connectivity index (χ4n) is 1.28. The highest BCUT2D eigenvalue weighted by Gasteiger charge is 2.24. The maximum Gasteiger partial charge on any atom is 0.235 e. The summed E-state index contributed by atoms with van der Waals surface area (Å²) in [4.78, 5) is 27.1. The molecule has 84 valence electrons. The first-order valence-electron chi connectivity index (χ1n) is 5.15. The van der Waals surface area contributed by atoms with Gasteiger partial charge in [0, 0.05) is 0 Å². The number of isocyanates is 2. The molecule has 0 amide bonds. The molecule has 0 saturated heterocycles. The van der Waals surface area contributed by atoms with Gasteiger partial charge >= 0.3 is 0 Å². The molecule has 0 aromatic rings. The Morgan fingerprint density at radius 1 is 1.20 bits per heavy atom. The van der Waals surface area contributed by atoms with Gasteiger partial charge in [0.15, 0.2) is 0 Å². The lowest BCUT2D eigenvalue weighted by Gasteiger charge is -2.27. The molecule has 4 heteroatoms. The fraction of sp³-hybridized carbons (Fsp3) is 0.818. The maximum atomic E-state index is 10.1. The van der Waals surface area contributed by atoms with Crippen LogP contribution in [-0.4, -0.2) is 24.7 Å². The van der Waals surface area contributed by atoms with Crippen molar-refractivity contribution in [3.8, 4) is 0 Å². The van der Waals surface area contributed by atoms with Gasteiger partial charge in [-0.3, -0.25) is 0 Å². The minimum atomic E-state index is -0.0235. The molecule has 1 atom stereocenters. The third-order valence-electron chi connectivity index (χ3n) is 2.78. The highest BCUT2D eigenvalue weighted by molar-refractivity contribution is 5.33. The van der Waals surface area contributed by atoms with Crippen LogP contribution in [0.25, 0.3) is 0 Å². The van der Waals surface area contributed by atoms with Gasteiger partial charge in [0.05, 0.1) is 12.6 Å². The van der Waals surface area contributed by atoms with Gasteiger partial charge in [-0.25, -0.2) is 19.6 Å². The average Bonchev–Trinajstić information content (AvgIpc) is 2.18. The van der Waals surface area contributed by atoms with Crippen LogP contribution in [0.5, 0.6) is 0 Å². The summed E-state index contributed by atoms with van der Waals surface area (Å²) in [6.07, 6.45) is 5.90. The molecule has 0 aromatic heterocycles. The molecule has 0 aliphatic heterocycles. The molecule has 0 aliphatic carbocycles. The lowest BCUT2D eigenvalue weighted by atomic mass is 9.81. The van der Waals surface area contributed by atoms with Crippen LogP contribution in [0.4, 0.5) is 0 Å². The molecule has 0 fully saturated rings. The predicted octanol–water partition coefficient (Wildman–Crippen LogP) is 2.24. The topological polar surface area (TPSA) is 58.9 Å². The van der Waals surface area contributed by atoms with Gasteiger partial charge in [-0.05, 0) is 25.2 Å². The minimum Gasteiger partial charge on any atom is -0.211 e. The average molecular weight is 210 g/mol. The predicted molar refractivity (Wildman–Crippen MR) is 58.2 cm³/mol. The zero-order chi connectivity index (χ0) is 11.7. The van der Waals surface area contributed by atoms with E-state index in [0.29, 0.717) is 6.54 Å². The summed E-state index contributed by atoms with van der Waals surface area (Å²) in [6.45, 7) is 6.59. The van der Waals surface area contributed by atoms with E-state index in [2.05, 4.69) is 23.8 Å². The Bertz CT molecular complexity index is 274. The second kappa shape index (κ2) is 7.10. The lowest BCUT2D eigenvalue weighted by Crippen LogP contribution is -2.24. The fourth-order valence-corrected chi connectivity index (χ4v) is 1.28. The quantitative estimate of drug-likeness (QED) is 0.367. The largest absolute Gasteiger partial charge is 0.235 e. The number of hydrogen-bond acceptors (Lipinski definition) is 4. The minimum absolute atomic E-state index is 0.0116. The summed E-state index contributed by atoms with van der Waals surface area (Å²) >= 11 is 0. The molecule has 4 nitrogen and oxygen atoms in total. The van der Waals surface area contributed by atoms with Crippen LogP contribution in [0.3, 0.4) is 0 Å². The molecule has 0 aromatic carbocycles. The first kappa shape index (κ1) is 13.8. The van der Waals surface area contributed by atoms with E-state index in [1.165, 1.54) is 6.08 Å². The van der Waals surface area contributed by atoms with Crippen molar-refractivity contribution in [2.45, 2.75) is 46.1 Å². The van der Waals surface area contributed by atoms with Crippen LogP contribution in [0.15, 0.2) is 9.98 Å². The number of rotatable bonds is 7. The van der Waals surface area contributed by atoms with Gasteiger partial charge in [-0.2, -0.15) is 0 Å². The third-order valence-corrected chi connectivity index (χ3v) is 2.78. The van der Waals surface area contributed by atoms with E-state index >= 15 is 0 Å². The number of carbonyl (C=O) groups excluding carboxylic acids is 2. The number of hydrogen-bond donors (Lipinski definition) is 0. The molecule has 0 spiro atoms. The van der Waals surface area contributed by atoms with Crippen LogP contribution >= 0.6 is 0 Å². The Morgan fingerprint density at radius 2 is 1.87 bits per heavy atom. The summed E-state index contributed by atoms with van der Waals surface area (Å²) < 4.78 is 0. The van der Waals surface area contributed by atoms with E-state index in [-0.39, 0.29) is 11.5 Å². The monoisotopic (exact) mass is 210 g/mol. The normalized spacial score (nSPS) is 12.5. The standard InChI is InChI=1S/C11H18N2O2/c1-10(13-9-15)11(2,3)6-4-5-7-12-8-14/h10H,4-7H2,1-3H3. The van der Waals surface area contributed by atoms with Crippen LogP contribution in [0.2, 0.25) is 0 Å². The molecule has 1 unspecified atom stereocenters. The molecule has 0 saturated carbocycles. The van der Waals surface area contributed by atoms with E-state index in [9.17, 15) is 9.59 Å². The van der Waals surface area contributed by atoms with Crippen LogP contribution < -0.4 is 0 Å². The number of aliphatic imine (C=N–C) groups is 2. The Hall–Kier alpha value is -1.24. The molecule has 0 aliphatic rings. The van der Waals surface area contributed by atoms with Crippen molar-refractivity contribution in [3.05, 3.63) is 0 Å². The van der Waals surface area contributed by atoms with Crippen molar-refractivity contribution >= 4 is 12.2 Å². The van der Waals surface area contributed by atoms with Crippen LogP contribution in [-0.2, 0) is 9.59 Å². The Kier molecular flexibility index (Phi) is 6.52. The van der Waals surface area contributed by atoms with Crippen molar-refractivity contribution in [1.29, 1.82) is 0 Å². The zero-order valence-electron chi connectivity index (χ0n) is 9.62. The van der Waals surface area contributed by atoms with Crippen molar-refractivity contribution in [2.75, 3.05) is 6.54 Å². The molecule has 15 heavy (non-hydrogen) atoms. The molecular formula is C11H18N2O2. The van der Waals surface area contributed by atoms with Crippen molar-refractivity contribution in [2.24, 2.45) is 15.4 Å². The van der Waals surface area contributed by atoms with Crippen molar-refractivity contribution in [3.63, 3.8) is 0 Å². The van der Waals surface area contributed by atoms with Crippen molar-refractivity contribution < 1.29 is 9.59 Å². The van der Waals surface area contributed by atoms with Gasteiger partial charge in [-0.1, -0.05) is 20.3 Å². The molecular weight excluding hydrogens is 192 g/mol. The van der Waals surface area contributed by atoms with Gasteiger partial charge in [-0.15, -0.1) is 0 Å². The molecule has 0 bridgehead atoms. The SMILES string of the molecule is CC(N=C=O)C(C)(C)CCCCN=C=O. The second-order valence-electron chi connectivity index (χ2n) is 4.32. The van der Waals surface area contributed by atoms with E-state index in [1.807, 2.05) is 6.92 Å².